The lowest BCUT2D eigenvalue weighted by Crippen LogP contribution is -2.22. The molecule has 0 radical (unpaired) electrons. The van der Waals surface area contributed by atoms with Gasteiger partial charge in [0, 0.05) is 24.8 Å². The van der Waals surface area contributed by atoms with Gasteiger partial charge in [-0.15, -0.1) is 0 Å². The van der Waals surface area contributed by atoms with E-state index < -0.39 is 5.69 Å². The van der Waals surface area contributed by atoms with Crippen LogP contribution >= 0.6 is 0 Å². The van der Waals surface area contributed by atoms with E-state index in [1.165, 1.54) is 22.9 Å². The molecular formula is C14H15N3O4. The van der Waals surface area contributed by atoms with Crippen molar-refractivity contribution < 1.29 is 14.6 Å². The molecule has 0 fully saturated rings. The third-order valence-corrected chi connectivity index (χ3v) is 2.76. The van der Waals surface area contributed by atoms with Crippen LogP contribution in [-0.4, -0.2) is 34.2 Å². The Morgan fingerprint density at radius 1 is 1.38 bits per heavy atom. The van der Waals surface area contributed by atoms with Crippen LogP contribution in [0.1, 0.15) is 16.8 Å². The van der Waals surface area contributed by atoms with Crippen LogP contribution in [0.4, 0.5) is 5.82 Å². The molecule has 1 aromatic heterocycles. The van der Waals surface area contributed by atoms with Crippen LogP contribution in [0.5, 0.6) is 5.75 Å². The van der Waals surface area contributed by atoms with Crippen molar-refractivity contribution in [3.63, 3.8) is 0 Å². The molecule has 7 nitrogen and oxygen atoms in total. The first-order chi connectivity index (χ1) is 10.2. The van der Waals surface area contributed by atoms with Crippen molar-refractivity contribution in [3.8, 4) is 11.4 Å². The quantitative estimate of drug-likeness (QED) is 0.588. The standard InChI is InChI=1S/C14H15N3O4/c15-13-4-5-17(14(20)16-13)11-8-10(9-19)2-3-12(11)21-7-1-6-18/h2-5,8-9,18H,1,6-7H2,(H2,15,16,20). The normalized spacial score (nSPS) is 10.3. The van der Waals surface area contributed by atoms with Gasteiger partial charge in [-0.25, -0.2) is 4.79 Å². The Morgan fingerprint density at radius 2 is 2.19 bits per heavy atom. The second-order valence-corrected chi connectivity index (χ2v) is 4.28. The van der Waals surface area contributed by atoms with Crippen molar-refractivity contribution >= 4 is 12.1 Å². The molecule has 0 bridgehead atoms. The Bertz CT molecular complexity index is 697. The summed E-state index contributed by atoms with van der Waals surface area (Å²) in [6.45, 7) is 0.298. The van der Waals surface area contributed by atoms with Crippen molar-refractivity contribution in [1.29, 1.82) is 0 Å². The summed E-state index contributed by atoms with van der Waals surface area (Å²) < 4.78 is 6.77. The van der Waals surface area contributed by atoms with Gasteiger partial charge in [-0.05, 0) is 24.3 Å². The zero-order valence-electron chi connectivity index (χ0n) is 11.2. The summed E-state index contributed by atoms with van der Waals surface area (Å²) in [7, 11) is 0. The number of hydrogen-bond donors (Lipinski definition) is 2. The maximum atomic E-state index is 11.9. The fourth-order valence-electron chi connectivity index (χ4n) is 1.76. The summed E-state index contributed by atoms with van der Waals surface area (Å²) in [6, 6.07) is 6.19. The first kappa shape index (κ1) is 14.7. The number of rotatable bonds is 6. The fraction of sp³-hybridized carbons (Fsp3) is 0.214. The molecule has 1 heterocycles. The molecule has 0 aliphatic rings. The SMILES string of the molecule is Nc1ccn(-c2cc(C=O)ccc2OCCCO)c(=O)n1. The third-order valence-electron chi connectivity index (χ3n) is 2.76. The second kappa shape index (κ2) is 6.67. The Morgan fingerprint density at radius 3 is 2.86 bits per heavy atom. The van der Waals surface area contributed by atoms with Crippen LogP contribution in [0.25, 0.3) is 5.69 Å². The van der Waals surface area contributed by atoms with Crippen LogP contribution in [-0.2, 0) is 0 Å². The number of aldehydes is 1. The summed E-state index contributed by atoms with van der Waals surface area (Å²) in [4.78, 5) is 26.5. The number of aliphatic hydroxyl groups excluding tert-OH is 1. The van der Waals surface area contributed by atoms with E-state index in [-0.39, 0.29) is 12.4 Å². The molecule has 0 unspecified atom stereocenters. The first-order valence-corrected chi connectivity index (χ1v) is 6.34. The van der Waals surface area contributed by atoms with Crippen molar-refractivity contribution in [1.82, 2.24) is 9.55 Å². The monoisotopic (exact) mass is 289 g/mol. The number of carbonyl (C=O) groups excluding carboxylic acids is 1. The average Bonchev–Trinajstić information content (AvgIpc) is 2.48. The summed E-state index contributed by atoms with van der Waals surface area (Å²) in [6.07, 6.45) is 2.61. The number of ether oxygens (including phenoxy) is 1. The molecule has 21 heavy (non-hydrogen) atoms. The average molecular weight is 289 g/mol. The van der Waals surface area contributed by atoms with Gasteiger partial charge in [0.15, 0.2) is 0 Å². The minimum atomic E-state index is -0.565. The zero-order chi connectivity index (χ0) is 15.2. The largest absolute Gasteiger partial charge is 0.491 e. The lowest BCUT2D eigenvalue weighted by molar-refractivity contribution is 0.112. The number of nitrogens with zero attached hydrogens (tertiary/aromatic N) is 2. The van der Waals surface area contributed by atoms with E-state index in [1.807, 2.05) is 0 Å². The lowest BCUT2D eigenvalue weighted by Gasteiger charge is -2.13. The predicted molar refractivity (Wildman–Crippen MR) is 76.8 cm³/mol. The molecule has 0 aliphatic carbocycles. The number of hydrogen-bond acceptors (Lipinski definition) is 6. The number of aliphatic hydroxyl groups is 1. The topological polar surface area (TPSA) is 107 Å². The smallest absolute Gasteiger partial charge is 0.354 e. The number of benzene rings is 1. The van der Waals surface area contributed by atoms with Gasteiger partial charge < -0.3 is 15.6 Å². The highest BCUT2D eigenvalue weighted by atomic mass is 16.5. The molecular weight excluding hydrogens is 274 g/mol. The van der Waals surface area contributed by atoms with Gasteiger partial charge in [0.1, 0.15) is 17.9 Å². The van der Waals surface area contributed by atoms with E-state index in [1.54, 1.807) is 12.1 Å². The van der Waals surface area contributed by atoms with Crippen LogP contribution in [0.15, 0.2) is 35.3 Å². The Hall–Kier alpha value is -2.67. The molecule has 0 saturated heterocycles. The Balaban J connectivity index is 2.47. The molecule has 2 aromatic rings. The molecule has 0 amide bonds. The fourth-order valence-corrected chi connectivity index (χ4v) is 1.76. The van der Waals surface area contributed by atoms with Gasteiger partial charge in [0.25, 0.3) is 0 Å². The van der Waals surface area contributed by atoms with Crippen molar-refractivity contribution in [2.75, 3.05) is 18.9 Å². The summed E-state index contributed by atoms with van der Waals surface area (Å²) in [5.74, 6) is 0.535. The molecule has 0 atom stereocenters. The number of nitrogens with two attached hydrogens (primary N) is 1. The molecule has 110 valence electrons. The Labute approximate surface area is 120 Å². The van der Waals surface area contributed by atoms with E-state index in [2.05, 4.69) is 4.98 Å². The zero-order valence-corrected chi connectivity index (χ0v) is 11.2. The number of carbonyl (C=O) groups is 1. The van der Waals surface area contributed by atoms with Crippen LogP contribution in [0.2, 0.25) is 0 Å². The van der Waals surface area contributed by atoms with Crippen LogP contribution in [0, 0.1) is 0 Å². The molecule has 0 spiro atoms. The summed E-state index contributed by atoms with van der Waals surface area (Å²) in [5, 5.41) is 8.78. The molecule has 1 aromatic carbocycles. The number of aromatic nitrogens is 2. The van der Waals surface area contributed by atoms with Gasteiger partial charge in [-0.1, -0.05) is 0 Å². The summed E-state index contributed by atoms with van der Waals surface area (Å²) in [5.41, 5.74) is 5.70. The van der Waals surface area contributed by atoms with E-state index in [0.717, 1.165) is 0 Å². The lowest BCUT2D eigenvalue weighted by atomic mass is 10.2. The Kier molecular flexibility index (Phi) is 4.68. The van der Waals surface area contributed by atoms with Gasteiger partial charge in [0.05, 0.1) is 12.3 Å². The molecule has 3 N–H and O–H groups in total. The third kappa shape index (κ3) is 3.46. The van der Waals surface area contributed by atoms with Crippen molar-refractivity contribution in [2.45, 2.75) is 6.42 Å². The number of anilines is 1. The molecule has 0 saturated carbocycles. The maximum Gasteiger partial charge on any atom is 0.354 e. The van der Waals surface area contributed by atoms with Gasteiger partial charge in [-0.3, -0.25) is 9.36 Å². The van der Waals surface area contributed by atoms with E-state index in [4.69, 9.17) is 15.6 Å². The molecule has 2 rings (SSSR count). The molecule has 0 aliphatic heterocycles. The van der Waals surface area contributed by atoms with E-state index >= 15 is 0 Å². The maximum absolute atomic E-state index is 11.9. The van der Waals surface area contributed by atoms with Crippen LogP contribution in [0.3, 0.4) is 0 Å². The van der Waals surface area contributed by atoms with E-state index in [0.29, 0.717) is 36.3 Å². The van der Waals surface area contributed by atoms with E-state index in [9.17, 15) is 9.59 Å². The van der Waals surface area contributed by atoms with Crippen LogP contribution < -0.4 is 16.2 Å². The number of nitrogen functional groups attached to an aromatic ring is 1. The van der Waals surface area contributed by atoms with Crippen molar-refractivity contribution in [3.05, 3.63) is 46.5 Å². The predicted octanol–water partition coefficient (Wildman–Crippen LogP) is 0.388. The molecule has 7 heteroatoms. The van der Waals surface area contributed by atoms with Crippen molar-refractivity contribution in [2.24, 2.45) is 0 Å². The first-order valence-electron chi connectivity index (χ1n) is 6.34. The van der Waals surface area contributed by atoms with Gasteiger partial charge in [-0.2, -0.15) is 4.98 Å². The highest BCUT2D eigenvalue weighted by Crippen LogP contribution is 2.23. The minimum absolute atomic E-state index is 0.00509. The minimum Gasteiger partial charge on any atom is -0.491 e. The summed E-state index contributed by atoms with van der Waals surface area (Å²) >= 11 is 0. The van der Waals surface area contributed by atoms with Gasteiger partial charge in [0.2, 0.25) is 0 Å². The second-order valence-electron chi connectivity index (χ2n) is 4.28. The van der Waals surface area contributed by atoms with Gasteiger partial charge >= 0.3 is 5.69 Å². The highest BCUT2D eigenvalue weighted by Gasteiger charge is 2.10. The highest BCUT2D eigenvalue weighted by molar-refractivity contribution is 5.77.